The van der Waals surface area contributed by atoms with Gasteiger partial charge in [-0.15, -0.1) is 0 Å². The van der Waals surface area contributed by atoms with Crippen LogP contribution in [-0.4, -0.2) is 29.7 Å². The van der Waals surface area contributed by atoms with Gasteiger partial charge in [0.1, 0.15) is 23.5 Å². The highest BCUT2D eigenvalue weighted by molar-refractivity contribution is 7.91. The van der Waals surface area contributed by atoms with E-state index in [1.165, 1.54) is 0 Å². The summed E-state index contributed by atoms with van der Waals surface area (Å²) in [5, 5.41) is 4.51. The molecule has 1 saturated heterocycles. The lowest BCUT2D eigenvalue weighted by Gasteiger charge is -2.10. The van der Waals surface area contributed by atoms with Crippen molar-refractivity contribution in [2.75, 3.05) is 17.2 Å². The highest BCUT2D eigenvalue weighted by Gasteiger charge is 2.32. The molecule has 20 heavy (non-hydrogen) atoms. The van der Waals surface area contributed by atoms with E-state index >= 15 is 0 Å². The Hall–Kier alpha value is -1.76. The van der Waals surface area contributed by atoms with Gasteiger partial charge in [-0.1, -0.05) is 0 Å². The van der Waals surface area contributed by atoms with Crippen LogP contribution in [0.3, 0.4) is 0 Å². The zero-order chi connectivity index (χ0) is 14.5. The van der Waals surface area contributed by atoms with Crippen LogP contribution in [0.2, 0.25) is 0 Å². The minimum absolute atomic E-state index is 0.113. The molecule has 0 aromatic carbocycles. The number of nitrogens with zero attached hydrogens (tertiary/aromatic N) is 2. The van der Waals surface area contributed by atoms with Gasteiger partial charge in [-0.05, 0) is 26.3 Å². The molecule has 1 unspecified atom stereocenters. The molecule has 7 heteroatoms. The van der Waals surface area contributed by atoms with Crippen molar-refractivity contribution < 1.29 is 12.8 Å². The van der Waals surface area contributed by atoms with E-state index in [9.17, 15) is 8.42 Å². The number of furan rings is 1. The predicted molar refractivity (Wildman–Crippen MR) is 76.1 cm³/mol. The SMILES string of the molecule is Cc1cc(-c2nn(C3CCS(=O)(=O)C3)c(N)c2C)co1. The third-order valence-electron chi connectivity index (χ3n) is 3.75. The highest BCUT2D eigenvalue weighted by atomic mass is 32.2. The number of hydrogen-bond donors (Lipinski definition) is 1. The maximum Gasteiger partial charge on any atom is 0.152 e. The standard InChI is InChI=1S/C13H17N3O3S/c1-8-5-10(6-19-8)12-9(2)13(14)16(15-12)11-3-4-20(17,18)7-11/h5-6,11H,3-4,7,14H2,1-2H3. The first-order valence-corrected chi connectivity index (χ1v) is 8.30. The van der Waals surface area contributed by atoms with Gasteiger partial charge in [-0.2, -0.15) is 5.10 Å². The van der Waals surface area contributed by atoms with Crippen LogP contribution in [0, 0.1) is 13.8 Å². The molecule has 2 aromatic heterocycles. The molecule has 0 spiro atoms. The number of nitrogen functional groups attached to an aromatic ring is 1. The van der Waals surface area contributed by atoms with Crippen LogP contribution >= 0.6 is 0 Å². The van der Waals surface area contributed by atoms with E-state index in [4.69, 9.17) is 10.2 Å². The maximum absolute atomic E-state index is 11.6. The third-order valence-corrected chi connectivity index (χ3v) is 5.50. The van der Waals surface area contributed by atoms with Crippen molar-refractivity contribution in [3.05, 3.63) is 23.7 Å². The van der Waals surface area contributed by atoms with Crippen LogP contribution in [0.4, 0.5) is 5.82 Å². The van der Waals surface area contributed by atoms with E-state index in [-0.39, 0.29) is 17.5 Å². The van der Waals surface area contributed by atoms with Gasteiger partial charge in [0.25, 0.3) is 0 Å². The Labute approximate surface area is 117 Å². The molecular weight excluding hydrogens is 278 g/mol. The van der Waals surface area contributed by atoms with Crippen LogP contribution in [0.5, 0.6) is 0 Å². The lowest BCUT2D eigenvalue weighted by molar-refractivity contribution is 0.507. The van der Waals surface area contributed by atoms with E-state index < -0.39 is 9.84 Å². The van der Waals surface area contributed by atoms with E-state index in [2.05, 4.69) is 5.10 Å². The number of anilines is 1. The molecule has 1 atom stereocenters. The van der Waals surface area contributed by atoms with E-state index in [1.807, 2.05) is 19.9 Å². The van der Waals surface area contributed by atoms with Gasteiger partial charge >= 0.3 is 0 Å². The first-order valence-electron chi connectivity index (χ1n) is 6.48. The molecule has 0 saturated carbocycles. The molecule has 0 radical (unpaired) electrons. The molecule has 3 rings (SSSR count). The van der Waals surface area contributed by atoms with Gasteiger partial charge in [0.15, 0.2) is 9.84 Å². The Bertz CT molecular complexity index is 758. The molecule has 108 valence electrons. The number of sulfone groups is 1. The largest absolute Gasteiger partial charge is 0.469 e. The van der Waals surface area contributed by atoms with Gasteiger partial charge in [0, 0.05) is 11.1 Å². The monoisotopic (exact) mass is 295 g/mol. The number of hydrogen-bond acceptors (Lipinski definition) is 5. The average Bonchev–Trinajstić information content (AvgIpc) is 3.01. The number of aromatic nitrogens is 2. The highest BCUT2D eigenvalue weighted by Crippen LogP contribution is 2.32. The molecule has 1 aliphatic rings. The Morgan fingerprint density at radius 1 is 1.45 bits per heavy atom. The van der Waals surface area contributed by atoms with E-state index in [0.717, 1.165) is 22.6 Å². The van der Waals surface area contributed by atoms with Gasteiger partial charge in [-0.25, -0.2) is 13.1 Å². The van der Waals surface area contributed by atoms with Gasteiger partial charge in [0.2, 0.25) is 0 Å². The van der Waals surface area contributed by atoms with Crippen LogP contribution in [-0.2, 0) is 9.84 Å². The van der Waals surface area contributed by atoms with Crippen LogP contribution < -0.4 is 5.73 Å². The fraction of sp³-hybridized carbons (Fsp3) is 0.462. The second-order valence-corrected chi connectivity index (χ2v) is 7.54. The van der Waals surface area contributed by atoms with E-state index in [0.29, 0.717) is 12.2 Å². The zero-order valence-electron chi connectivity index (χ0n) is 11.5. The zero-order valence-corrected chi connectivity index (χ0v) is 12.3. The molecule has 1 aliphatic heterocycles. The molecule has 2 aromatic rings. The fourth-order valence-corrected chi connectivity index (χ4v) is 4.31. The second-order valence-electron chi connectivity index (χ2n) is 5.31. The molecule has 0 aliphatic carbocycles. The molecule has 6 nitrogen and oxygen atoms in total. The minimum atomic E-state index is -2.96. The van der Waals surface area contributed by atoms with E-state index in [1.54, 1.807) is 10.9 Å². The van der Waals surface area contributed by atoms with Crippen LogP contribution in [0.1, 0.15) is 23.8 Å². The Kier molecular flexibility index (Phi) is 2.89. The quantitative estimate of drug-likeness (QED) is 0.910. The summed E-state index contributed by atoms with van der Waals surface area (Å²) in [6.07, 6.45) is 2.21. The normalized spacial score (nSPS) is 21.4. The molecule has 3 heterocycles. The number of nitrogens with two attached hydrogens (primary N) is 1. The number of aryl methyl sites for hydroxylation is 1. The summed E-state index contributed by atoms with van der Waals surface area (Å²) in [4.78, 5) is 0. The molecule has 0 bridgehead atoms. The van der Waals surface area contributed by atoms with Crippen molar-refractivity contribution in [2.45, 2.75) is 26.3 Å². The van der Waals surface area contributed by atoms with Crippen LogP contribution in [0.25, 0.3) is 11.3 Å². The maximum atomic E-state index is 11.6. The first-order chi connectivity index (χ1) is 9.37. The lowest BCUT2D eigenvalue weighted by atomic mass is 10.1. The molecule has 0 amide bonds. The van der Waals surface area contributed by atoms with Crippen molar-refractivity contribution in [1.29, 1.82) is 0 Å². The molecular formula is C13H17N3O3S. The average molecular weight is 295 g/mol. The summed E-state index contributed by atoms with van der Waals surface area (Å²) in [6.45, 7) is 3.75. The van der Waals surface area contributed by atoms with Gasteiger partial charge in [-0.3, -0.25) is 0 Å². The summed E-state index contributed by atoms with van der Waals surface area (Å²) in [5.41, 5.74) is 8.57. The summed E-state index contributed by atoms with van der Waals surface area (Å²) < 4.78 is 30.1. The Morgan fingerprint density at radius 2 is 2.20 bits per heavy atom. The summed E-state index contributed by atoms with van der Waals surface area (Å²) in [7, 11) is -2.96. The van der Waals surface area contributed by atoms with Crippen molar-refractivity contribution >= 4 is 15.7 Å². The van der Waals surface area contributed by atoms with Crippen molar-refractivity contribution in [1.82, 2.24) is 9.78 Å². The smallest absolute Gasteiger partial charge is 0.152 e. The first kappa shape index (κ1) is 13.2. The topological polar surface area (TPSA) is 91.1 Å². The summed E-state index contributed by atoms with van der Waals surface area (Å²) in [6, 6.07) is 1.73. The summed E-state index contributed by atoms with van der Waals surface area (Å²) >= 11 is 0. The Balaban J connectivity index is 2.02. The van der Waals surface area contributed by atoms with Gasteiger partial charge in [0.05, 0.1) is 17.5 Å². The minimum Gasteiger partial charge on any atom is -0.469 e. The Morgan fingerprint density at radius 3 is 2.75 bits per heavy atom. The van der Waals surface area contributed by atoms with Crippen molar-refractivity contribution in [3.63, 3.8) is 0 Å². The van der Waals surface area contributed by atoms with Crippen molar-refractivity contribution in [2.24, 2.45) is 0 Å². The van der Waals surface area contributed by atoms with Gasteiger partial charge < -0.3 is 10.2 Å². The number of rotatable bonds is 2. The molecule has 1 fully saturated rings. The van der Waals surface area contributed by atoms with Crippen LogP contribution in [0.15, 0.2) is 16.7 Å². The fourth-order valence-electron chi connectivity index (χ4n) is 2.62. The predicted octanol–water partition coefficient (Wildman–Crippen LogP) is 1.70. The second kappa shape index (κ2) is 4.37. The lowest BCUT2D eigenvalue weighted by Crippen LogP contribution is -2.14. The van der Waals surface area contributed by atoms with Crippen molar-refractivity contribution in [3.8, 4) is 11.3 Å². The summed E-state index contributed by atoms with van der Waals surface area (Å²) in [5.74, 6) is 1.65. The molecule has 2 N–H and O–H groups in total. The third kappa shape index (κ3) is 2.11.